The number of amides is 1. The Labute approximate surface area is 201 Å². The topological polar surface area (TPSA) is 67.8 Å². The number of aromatic nitrogens is 2. The van der Waals surface area contributed by atoms with Crippen LogP contribution >= 0.6 is 0 Å². The van der Waals surface area contributed by atoms with Crippen molar-refractivity contribution in [2.75, 3.05) is 45.3 Å². The zero-order valence-corrected chi connectivity index (χ0v) is 19.6. The van der Waals surface area contributed by atoms with E-state index in [2.05, 4.69) is 9.97 Å². The third-order valence-electron chi connectivity index (χ3n) is 5.78. The van der Waals surface area contributed by atoms with Crippen LogP contribution in [0.1, 0.15) is 21.6 Å². The lowest BCUT2D eigenvalue weighted by molar-refractivity contribution is -0.137. The molecule has 0 saturated carbocycles. The van der Waals surface area contributed by atoms with Gasteiger partial charge in [0.2, 0.25) is 0 Å². The van der Waals surface area contributed by atoms with Crippen LogP contribution in [0, 0.1) is 6.92 Å². The summed E-state index contributed by atoms with van der Waals surface area (Å²) in [6, 6.07) is 11.8. The summed E-state index contributed by atoms with van der Waals surface area (Å²) in [5.41, 5.74) is 0.664. The molecule has 1 amide bonds. The van der Waals surface area contributed by atoms with Gasteiger partial charge in [-0.1, -0.05) is 12.1 Å². The predicted molar refractivity (Wildman–Crippen MR) is 125 cm³/mol. The van der Waals surface area contributed by atoms with Crippen LogP contribution < -0.4 is 14.4 Å². The molecular formula is C25H25F3N4O3. The molecule has 2 heterocycles. The van der Waals surface area contributed by atoms with Crippen LogP contribution in [0.2, 0.25) is 0 Å². The lowest BCUT2D eigenvalue weighted by Crippen LogP contribution is -2.49. The van der Waals surface area contributed by atoms with Gasteiger partial charge in [0.05, 0.1) is 19.8 Å². The smallest absolute Gasteiger partial charge is 0.416 e. The Morgan fingerprint density at radius 3 is 2.17 bits per heavy atom. The standard InChI is InChI=1S/C25H25F3N4O3/c1-16-11-22(30-23(29-16)17-5-4-6-19(12-17)25(26,27)28)31-7-9-32(10-8-31)24(33)18-13-20(34-2)15-21(14-18)35-3/h4-6,11-15H,7-10H2,1-3H3. The second-order valence-electron chi connectivity index (χ2n) is 8.15. The van der Waals surface area contributed by atoms with Gasteiger partial charge in [0.1, 0.15) is 17.3 Å². The highest BCUT2D eigenvalue weighted by Gasteiger charge is 2.31. The molecule has 3 aromatic rings. The first-order chi connectivity index (χ1) is 16.7. The second-order valence-corrected chi connectivity index (χ2v) is 8.15. The summed E-state index contributed by atoms with van der Waals surface area (Å²) in [5, 5.41) is 0. The van der Waals surface area contributed by atoms with Gasteiger partial charge in [0, 0.05) is 55.1 Å². The predicted octanol–water partition coefficient (Wildman–Crippen LogP) is 4.45. The van der Waals surface area contributed by atoms with Crippen molar-refractivity contribution in [1.29, 1.82) is 0 Å². The van der Waals surface area contributed by atoms with Gasteiger partial charge in [-0.15, -0.1) is 0 Å². The van der Waals surface area contributed by atoms with Gasteiger partial charge >= 0.3 is 6.18 Å². The van der Waals surface area contributed by atoms with Crippen molar-refractivity contribution in [3.8, 4) is 22.9 Å². The molecule has 0 radical (unpaired) electrons. The van der Waals surface area contributed by atoms with Crippen molar-refractivity contribution in [3.63, 3.8) is 0 Å². The molecule has 0 spiro atoms. The van der Waals surface area contributed by atoms with E-state index in [9.17, 15) is 18.0 Å². The Balaban J connectivity index is 1.50. The van der Waals surface area contributed by atoms with Crippen LogP contribution in [0.25, 0.3) is 11.4 Å². The molecule has 35 heavy (non-hydrogen) atoms. The van der Waals surface area contributed by atoms with Crippen LogP contribution in [-0.2, 0) is 6.18 Å². The first-order valence-corrected chi connectivity index (χ1v) is 11.0. The number of benzene rings is 2. The normalized spacial score (nSPS) is 14.1. The fourth-order valence-electron chi connectivity index (χ4n) is 3.93. The van der Waals surface area contributed by atoms with E-state index >= 15 is 0 Å². The van der Waals surface area contributed by atoms with E-state index in [1.165, 1.54) is 20.3 Å². The summed E-state index contributed by atoms with van der Waals surface area (Å²) in [6.07, 6.45) is -4.45. The van der Waals surface area contributed by atoms with Gasteiger partial charge in [-0.2, -0.15) is 13.2 Å². The Hall–Kier alpha value is -3.82. The van der Waals surface area contributed by atoms with E-state index in [0.29, 0.717) is 60.3 Å². The molecule has 0 N–H and O–H groups in total. The second kappa shape index (κ2) is 9.81. The first kappa shape index (κ1) is 24.3. The van der Waals surface area contributed by atoms with Crippen molar-refractivity contribution in [2.24, 2.45) is 0 Å². The van der Waals surface area contributed by atoms with Crippen LogP contribution in [0.5, 0.6) is 11.5 Å². The van der Waals surface area contributed by atoms with E-state index in [-0.39, 0.29) is 11.7 Å². The average Bonchev–Trinajstić information content (AvgIpc) is 2.87. The SMILES string of the molecule is COc1cc(OC)cc(C(=O)N2CCN(c3cc(C)nc(-c4cccc(C(F)(F)F)c4)n3)CC2)c1. The van der Waals surface area contributed by atoms with Gasteiger partial charge in [-0.3, -0.25) is 4.79 Å². The number of hydrogen-bond acceptors (Lipinski definition) is 6. The largest absolute Gasteiger partial charge is 0.497 e. The number of methoxy groups -OCH3 is 2. The highest BCUT2D eigenvalue weighted by Crippen LogP contribution is 2.32. The molecule has 1 aliphatic rings. The maximum absolute atomic E-state index is 13.1. The molecule has 0 bridgehead atoms. The van der Waals surface area contributed by atoms with Gasteiger partial charge in [-0.25, -0.2) is 9.97 Å². The zero-order chi connectivity index (χ0) is 25.2. The number of anilines is 1. The van der Waals surface area contributed by atoms with Gasteiger partial charge in [0.15, 0.2) is 5.82 Å². The number of ether oxygens (including phenoxy) is 2. The molecule has 0 unspecified atom stereocenters. The quantitative estimate of drug-likeness (QED) is 0.531. The van der Waals surface area contributed by atoms with Crippen LogP contribution in [-0.4, -0.2) is 61.2 Å². The number of carbonyl (C=O) groups is 1. The summed E-state index contributed by atoms with van der Waals surface area (Å²) >= 11 is 0. The molecule has 0 atom stereocenters. The average molecular weight is 486 g/mol. The van der Waals surface area contributed by atoms with E-state index in [0.717, 1.165) is 12.1 Å². The summed E-state index contributed by atoms with van der Waals surface area (Å²) in [7, 11) is 3.05. The Bertz CT molecular complexity index is 1200. The maximum atomic E-state index is 13.1. The van der Waals surface area contributed by atoms with Gasteiger partial charge < -0.3 is 19.3 Å². The summed E-state index contributed by atoms with van der Waals surface area (Å²) in [5.74, 6) is 1.77. The lowest BCUT2D eigenvalue weighted by atomic mass is 10.1. The zero-order valence-electron chi connectivity index (χ0n) is 19.6. The summed E-state index contributed by atoms with van der Waals surface area (Å²) in [6.45, 7) is 3.73. The summed E-state index contributed by atoms with van der Waals surface area (Å²) in [4.78, 5) is 25.7. The number of hydrogen-bond donors (Lipinski definition) is 0. The highest BCUT2D eigenvalue weighted by atomic mass is 19.4. The van der Waals surface area contributed by atoms with Crippen molar-refractivity contribution in [3.05, 3.63) is 65.4 Å². The molecular weight excluding hydrogens is 461 g/mol. The van der Waals surface area contributed by atoms with E-state index in [4.69, 9.17) is 9.47 Å². The van der Waals surface area contributed by atoms with Crippen LogP contribution in [0.4, 0.5) is 19.0 Å². The van der Waals surface area contributed by atoms with E-state index in [1.54, 1.807) is 42.2 Å². The molecule has 1 saturated heterocycles. The van der Waals surface area contributed by atoms with Crippen LogP contribution in [0.3, 0.4) is 0 Å². The lowest BCUT2D eigenvalue weighted by Gasteiger charge is -2.35. The Morgan fingerprint density at radius 2 is 1.57 bits per heavy atom. The van der Waals surface area contributed by atoms with Crippen molar-refractivity contribution in [1.82, 2.24) is 14.9 Å². The minimum absolute atomic E-state index is 0.134. The number of aryl methyl sites for hydroxylation is 1. The molecule has 7 nitrogen and oxygen atoms in total. The number of carbonyl (C=O) groups excluding carboxylic acids is 1. The van der Waals surface area contributed by atoms with E-state index in [1.807, 2.05) is 4.90 Å². The highest BCUT2D eigenvalue weighted by molar-refractivity contribution is 5.95. The minimum Gasteiger partial charge on any atom is -0.497 e. The molecule has 4 rings (SSSR count). The van der Waals surface area contributed by atoms with Gasteiger partial charge in [0.25, 0.3) is 5.91 Å². The van der Waals surface area contributed by atoms with Crippen molar-refractivity contribution < 1.29 is 27.4 Å². The molecule has 1 aromatic heterocycles. The molecule has 2 aromatic carbocycles. The maximum Gasteiger partial charge on any atom is 0.416 e. The first-order valence-electron chi connectivity index (χ1n) is 11.0. The third-order valence-corrected chi connectivity index (χ3v) is 5.78. The van der Waals surface area contributed by atoms with Crippen LogP contribution in [0.15, 0.2) is 48.5 Å². The molecule has 10 heteroatoms. The number of rotatable bonds is 5. The number of piperazine rings is 1. The monoisotopic (exact) mass is 486 g/mol. The van der Waals surface area contributed by atoms with Crippen molar-refractivity contribution in [2.45, 2.75) is 13.1 Å². The summed E-state index contributed by atoms with van der Waals surface area (Å²) < 4.78 is 50.0. The number of halogens is 3. The minimum atomic E-state index is -4.45. The molecule has 1 aliphatic heterocycles. The Kier molecular flexibility index (Phi) is 6.81. The number of alkyl halides is 3. The fourth-order valence-corrected chi connectivity index (χ4v) is 3.93. The fraction of sp³-hybridized carbons (Fsp3) is 0.320. The molecule has 184 valence electrons. The molecule has 0 aliphatic carbocycles. The van der Waals surface area contributed by atoms with E-state index < -0.39 is 11.7 Å². The van der Waals surface area contributed by atoms with Crippen molar-refractivity contribution >= 4 is 11.7 Å². The molecule has 1 fully saturated rings. The third kappa shape index (κ3) is 5.47. The van der Waals surface area contributed by atoms with Gasteiger partial charge in [-0.05, 0) is 31.2 Å². The Morgan fingerprint density at radius 1 is 0.914 bits per heavy atom. The number of nitrogens with zero attached hydrogens (tertiary/aromatic N) is 4.